The van der Waals surface area contributed by atoms with Gasteiger partial charge in [0.15, 0.2) is 6.29 Å². The third kappa shape index (κ3) is 1.84. The molecule has 4 bridgehead atoms. The molecule has 23 heavy (non-hydrogen) atoms. The van der Waals surface area contributed by atoms with E-state index >= 15 is 0 Å². The zero-order valence-electron chi connectivity index (χ0n) is 13.8. The fraction of sp³-hybridized carbons (Fsp3) is 0.667. The van der Waals surface area contributed by atoms with E-state index in [0.717, 1.165) is 18.1 Å². The van der Waals surface area contributed by atoms with Gasteiger partial charge in [-0.3, -0.25) is 4.79 Å². The van der Waals surface area contributed by atoms with Crippen LogP contribution in [0.15, 0.2) is 12.1 Å². The van der Waals surface area contributed by atoms with Gasteiger partial charge in [0.1, 0.15) is 5.75 Å². The second-order valence-corrected chi connectivity index (χ2v) is 8.93. The van der Waals surface area contributed by atoms with Gasteiger partial charge < -0.3 is 5.11 Å². The molecule has 0 radical (unpaired) electrons. The predicted molar refractivity (Wildman–Crippen MR) is 90.0 cm³/mol. The maximum absolute atomic E-state index is 11.7. The maximum Gasteiger partial charge on any atom is 0.154 e. The Balaban J connectivity index is 1.66. The van der Waals surface area contributed by atoms with Crippen LogP contribution < -0.4 is 0 Å². The number of rotatable bonds is 3. The number of fused-ring (bicyclic) bond motifs is 4. The second-order valence-electron chi connectivity index (χ2n) is 8.93. The number of phenols is 1. The van der Waals surface area contributed by atoms with E-state index in [1.54, 1.807) is 0 Å². The van der Waals surface area contributed by atoms with Gasteiger partial charge in [-0.25, -0.2) is 0 Å². The molecule has 4 saturated carbocycles. The predicted octanol–water partition coefficient (Wildman–Crippen LogP) is 4.87. The van der Waals surface area contributed by atoms with E-state index in [0.29, 0.717) is 11.0 Å². The lowest BCUT2D eigenvalue weighted by molar-refractivity contribution is 0.111. The summed E-state index contributed by atoms with van der Waals surface area (Å²) < 4.78 is 0. The van der Waals surface area contributed by atoms with E-state index in [4.69, 9.17) is 0 Å². The van der Waals surface area contributed by atoms with Gasteiger partial charge in [0.25, 0.3) is 0 Å². The van der Waals surface area contributed by atoms with Crippen LogP contribution in [0, 0.1) is 11.8 Å². The molecule has 0 saturated heterocycles. The fourth-order valence-electron chi connectivity index (χ4n) is 6.67. The molecule has 5 rings (SSSR count). The first-order valence-corrected chi connectivity index (χ1v) is 9.47. The Morgan fingerprint density at radius 1 is 0.913 bits per heavy atom. The standard InChI is InChI=1S/C21H26O2/c22-13-17-18(21-7-3-15(12-21)4-8-21)9-16(10-19(17)23)20-5-1-14(11-20)2-6-20/h9-10,13-15,23H,1-8,11-12H2. The molecule has 0 spiro atoms. The van der Waals surface area contributed by atoms with Gasteiger partial charge in [0.05, 0.1) is 5.56 Å². The Bertz CT molecular complexity index is 659. The van der Waals surface area contributed by atoms with Crippen LogP contribution in [0.3, 0.4) is 0 Å². The van der Waals surface area contributed by atoms with E-state index in [1.807, 2.05) is 6.07 Å². The summed E-state index contributed by atoms with van der Waals surface area (Å²) in [6.07, 6.45) is 13.7. The highest BCUT2D eigenvalue weighted by molar-refractivity contribution is 5.83. The largest absolute Gasteiger partial charge is 0.507 e. The molecule has 4 aliphatic carbocycles. The average Bonchev–Trinajstić information content (AvgIpc) is 3.34. The lowest BCUT2D eigenvalue weighted by Gasteiger charge is -2.33. The van der Waals surface area contributed by atoms with Gasteiger partial charge in [0.2, 0.25) is 0 Å². The van der Waals surface area contributed by atoms with Crippen LogP contribution in [0.2, 0.25) is 0 Å². The van der Waals surface area contributed by atoms with E-state index in [2.05, 4.69) is 6.07 Å². The monoisotopic (exact) mass is 310 g/mol. The molecule has 2 nitrogen and oxygen atoms in total. The van der Waals surface area contributed by atoms with Crippen LogP contribution in [0.4, 0.5) is 0 Å². The molecular formula is C21H26O2. The Kier molecular flexibility index (Phi) is 2.82. The quantitative estimate of drug-likeness (QED) is 0.809. The summed E-state index contributed by atoms with van der Waals surface area (Å²) in [7, 11) is 0. The number of aromatic hydroxyl groups is 1. The van der Waals surface area contributed by atoms with Gasteiger partial charge >= 0.3 is 0 Å². The van der Waals surface area contributed by atoms with Crippen LogP contribution >= 0.6 is 0 Å². The lowest BCUT2D eigenvalue weighted by Crippen LogP contribution is -2.25. The van der Waals surface area contributed by atoms with E-state index in [-0.39, 0.29) is 11.2 Å². The molecule has 0 heterocycles. The molecular weight excluding hydrogens is 284 g/mol. The Morgan fingerprint density at radius 3 is 1.96 bits per heavy atom. The highest BCUT2D eigenvalue weighted by Gasteiger charge is 2.49. The molecule has 0 atom stereocenters. The molecule has 0 amide bonds. The normalized spacial score (nSPS) is 40.9. The van der Waals surface area contributed by atoms with Gasteiger partial charge in [0, 0.05) is 0 Å². The van der Waals surface area contributed by atoms with E-state index in [9.17, 15) is 9.90 Å². The van der Waals surface area contributed by atoms with E-state index < -0.39 is 0 Å². The van der Waals surface area contributed by atoms with Crippen molar-refractivity contribution in [3.8, 4) is 5.75 Å². The number of aldehydes is 1. The van der Waals surface area contributed by atoms with Crippen molar-refractivity contribution < 1.29 is 9.90 Å². The Morgan fingerprint density at radius 2 is 1.48 bits per heavy atom. The molecule has 1 aromatic rings. The van der Waals surface area contributed by atoms with Crippen molar-refractivity contribution in [2.75, 3.05) is 0 Å². The fourth-order valence-corrected chi connectivity index (χ4v) is 6.67. The molecule has 0 aromatic heterocycles. The highest BCUT2D eigenvalue weighted by atomic mass is 16.3. The maximum atomic E-state index is 11.7. The van der Waals surface area contributed by atoms with Gasteiger partial charge in [-0.05, 0) is 104 Å². The average molecular weight is 310 g/mol. The molecule has 2 heteroatoms. The summed E-state index contributed by atoms with van der Waals surface area (Å²) in [5.74, 6) is 1.98. The van der Waals surface area contributed by atoms with Crippen LogP contribution in [0.25, 0.3) is 0 Å². The van der Waals surface area contributed by atoms with Crippen LogP contribution in [-0.4, -0.2) is 11.4 Å². The SMILES string of the molecule is O=Cc1c(O)cc(C23CCC(CC2)C3)cc1C12CCC(CC1)C2. The third-order valence-electron chi connectivity index (χ3n) is 7.94. The number of hydrogen-bond donors (Lipinski definition) is 1. The van der Waals surface area contributed by atoms with Gasteiger partial charge in [-0.1, -0.05) is 6.07 Å². The molecule has 0 unspecified atom stereocenters. The zero-order chi connectivity index (χ0) is 15.7. The Labute approximate surface area is 138 Å². The summed E-state index contributed by atoms with van der Waals surface area (Å²) in [6, 6.07) is 4.28. The summed E-state index contributed by atoms with van der Waals surface area (Å²) >= 11 is 0. The van der Waals surface area contributed by atoms with E-state index in [1.165, 1.54) is 75.3 Å². The molecule has 1 aromatic carbocycles. The van der Waals surface area contributed by atoms with Crippen LogP contribution in [-0.2, 0) is 10.8 Å². The van der Waals surface area contributed by atoms with Crippen LogP contribution in [0.5, 0.6) is 5.75 Å². The first kappa shape index (κ1) is 14.1. The minimum absolute atomic E-state index is 0.182. The first-order chi connectivity index (χ1) is 11.1. The smallest absolute Gasteiger partial charge is 0.154 e. The summed E-state index contributed by atoms with van der Waals surface area (Å²) in [4.78, 5) is 11.7. The molecule has 4 aliphatic rings. The van der Waals surface area contributed by atoms with Crippen LogP contribution in [0.1, 0.15) is 85.7 Å². The van der Waals surface area contributed by atoms with Crippen molar-refractivity contribution in [1.29, 1.82) is 0 Å². The Hall–Kier alpha value is -1.31. The number of carbonyl (C=O) groups is 1. The first-order valence-electron chi connectivity index (χ1n) is 9.47. The number of phenolic OH excluding ortho intramolecular Hbond substituents is 1. The molecule has 4 fully saturated rings. The summed E-state index contributed by atoms with van der Waals surface area (Å²) in [6.45, 7) is 0. The van der Waals surface area contributed by atoms with Crippen molar-refractivity contribution in [2.24, 2.45) is 11.8 Å². The summed E-state index contributed by atoms with van der Waals surface area (Å²) in [5, 5.41) is 10.6. The van der Waals surface area contributed by atoms with Gasteiger partial charge in [-0.15, -0.1) is 0 Å². The van der Waals surface area contributed by atoms with Crippen molar-refractivity contribution >= 4 is 6.29 Å². The zero-order valence-corrected chi connectivity index (χ0v) is 13.8. The molecule has 0 aliphatic heterocycles. The van der Waals surface area contributed by atoms with Gasteiger partial charge in [-0.2, -0.15) is 0 Å². The minimum Gasteiger partial charge on any atom is -0.507 e. The summed E-state index contributed by atoms with van der Waals surface area (Å²) in [5.41, 5.74) is 3.58. The van der Waals surface area contributed by atoms with Crippen molar-refractivity contribution in [2.45, 2.75) is 75.0 Å². The number of carbonyl (C=O) groups excluding carboxylic acids is 1. The lowest BCUT2D eigenvalue weighted by atomic mass is 9.71. The molecule has 1 N–H and O–H groups in total. The van der Waals surface area contributed by atoms with Crippen molar-refractivity contribution in [3.05, 3.63) is 28.8 Å². The third-order valence-corrected chi connectivity index (χ3v) is 7.94. The van der Waals surface area contributed by atoms with Crippen molar-refractivity contribution in [1.82, 2.24) is 0 Å². The topological polar surface area (TPSA) is 37.3 Å². The highest BCUT2D eigenvalue weighted by Crippen LogP contribution is 2.59. The minimum atomic E-state index is 0.182. The number of hydrogen-bond acceptors (Lipinski definition) is 2. The van der Waals surface area contributed by atoms with Crippen molar-refractivity contribution in [3.63, 3.8) is 0 Å². The molecule has 122 valence electrons. The second kappa shape index (κ2) is 4.62. The number of benzene rings is 1.